The fourth-order valence-corrected chi connectivity index (χ4v) is 9.08. The largest absolute Gasteiger partial charge is 2.00 e. The van der Waals surface area contributed by atoms with Crippen LogP contribution in [-0.4, -0.2) is 22.3 Å². The molecule has 10 aromatic rings. The molecule has 6 heteroatoms. The zero-order valence-corrected chi connectivity index (χ0v) is 37.2. The summed E-state index contributed by atoms with van der Waals surface area (Å²) < 4.78 is 2.27. The van der Waals surface area contributed by atoms with E-state index in [0.717, 1.165) is 90.4 Å². The van der Waals surface area contributed by atoms with Gasteiger partial charge >= 0.3 is 21.1 Å². The van der Waals surface area contributed by atoms with E-state index in [0.29, 0.717) is 6.04 Å². The molecule has 63 heavy (non-hydrogen) atoms. The van der Waals surface area contributed by atoms with Crippen LogP contribution in [0.1, 0.15) is 13.8 Å². The van der Waals surface area contributed by atoms with Crippen molar-refractivity contribution in [1.29, 1.82) is 0 Å². The van der Waals surface area contributed by atoms with Gasteiger partial charge in [0.15, 0.2) is 0 Å². The molecule has 3 heterocycles. The van der Waals surface area contributed by atoms with Crippen LogP contribution in [0.25, 0.3) is 61.0 Å². The fraction of sp³-hybridized carbons (Fsp3) is 0.0702. The number of aromatic nitrogens is 2. The summed E-state index contributed by atoms with van der Waals surface area (Å²) in [5, 5.41) is 2.26. The van der Waals surface area contributed by atoms with Crippen LogP contribution in [0.5, 0.6) is 0 Å². The molecule has 1 aliphatic rings. The third kappa shape index (κ3) is 7.19. The van der Waals surface area contributed by atoms with E-state index in [2.05, 4.69) is 245 Å². The van der Waals surface area contributed by atoms with E-state index in [1.807, 2.05) is 6.20 Å². The van der Waals surface area contributed by atoms with E-state index in [9.17, 15) is 0 Å². The molecule has 0 saturated carbocycles. The SMILES string of the molecule is CC(C)N1CN(c2[c-]c(N(c3[c-]c4c(cc3)c3ccccc3n4-c3cc(-c4ccccc4)ccn3)c3c(-c4ccccc4)cccc3-c3ccccc3)ccc2)c2ccccc21.[Pt+2]. The van der Waals surface area contributed by atoms with Crippen molar-refractivity contribution < 1.29 is 21.1 Å². The third-order valence-corrected chi connectivity index (χ3v) is 12.0. The Hall–Kier alpha value is -7.20. The molecule has 0 atom stereocenters. The second kappa shape index (κ2) is 16.9. The number of pyridine rings is 1. The summed E-state index contributed by atoms with van der Waals surface area (Å²) in [6.07, 6.45) is 1.91. The summed E-state index contributed by atoms with van der Waals surface area (Å²) in [6, 6.07) is 79.4. The first-order chi connectivity index (χ1) is 30.6. The molecule has 0 unspecified atom stereocenters. The predicted molar refractivity (Wildman–Crippen MR) is 258 cm³/mol. The Balaban J connectivity index is 0.00000471. The summed E-state index contributed by atoms with van der Waals surface area (Å²) in [4.78, 5) is 12.2. The molecule has 0 bridgehead atoms. The van der Waals surface area contributed by atoms with Gasteiger partial charge in [0.05, 0.1) is 23.7 Å². The van der Waals surface area contributed by atoms with Crippen molar-refractivity contribution in [1.82, 2.24) is 9.55 Å². The minimum Gasteiger partial charge on any atom is -0.357 e. The molecule has 0 spiro atoms. The molecule has 0 N–H and O–H groups in total. The van der Waals surface area contributed by atoms with Crippen molar-refractivity contribution >= 4 is 55.9 Å². The molecule has 11 rings (SSSR count). The van der Waals surface area contributed by atoms with Gasteiger partial charge in [-0.15, -0.1) is 35.7 Å². The van der Waals surface area contributed by atoms with Gasteiger partial charge in [0.1, 0.15) is 5.82 Å². The van der Waals surface area contributed by atoms with Gasteiger partial charge in [0, 0.05) is 28.9 Å². The first-order valence-corrected chi connectivity index (χ1v) is 21.3. The molecule has 0 aliphatic carbocycles. The second-order valence-corrected chi connectivity index (χ2v) is 16.0. The van der Waals surface area contributed by atoms with Crippen LogP contribution in [-0.2, 0) is 21.1 Å². The standard InChI is InChI=1S/C57H43N5.Pt/c1-40(2)59-39-60(54-31-15-14-30-53(54)59)45-24-16-25-46(37-45)61(57-48(42-20-8-4-9-21-42)27-17-28-49(57)43-22-10-5-11-23-43)47-32-33-51-50-26-12-13-29-52(50)62(55(51)38-47)56-36-44(34-35-58-56)41-18-6-3-7-19-41;/h3-36,40H,39H2,1-2H3;/q-2;+2. The molecule has 0 fully saturated rings. The van der Waals surface area contributed by atoms with Crippen molar-refractivity contribution in [2.45, 2.75) is 19.9 Å². The van der Waals surface area contributed by atoms with E-state index >= 15 is 0 Å². The number of anilines is 6. The Morgan fingerprint density at radius 1 is 0.524 bits per heavy atom. The Morgan fingerprint density at radius 3 is 1.83 bits per heavy atom. The maximum Gasteiger partial charge on any atom is 2.00 e. The topological polar surface area (TPSA) is 27.5 Å². The molecule has 0 amide bonds. The number of fused-ring (bicyclic) bond motifs is 4. The predicted octanol–water partition coefficient (Wildman–Crippen LogP) is 14.6. The zero-order chi connectivity index (χ0) is 41.6. The van der Waals surface area contributed by atoms with E-state index in [-0.39, 0.29) is 21.1 Å². The van der Waals surface area contributed by atoms with Crippen LogP contribution < -0.4 is 14.7 Å². The maximum absolute atomic E-state index is 5.01. The van der Waals surface area contributed by atoms with Crippen molar-refractivity contribution in [3.63, 3.8) is 0 Å². The molecule has 306 valence electrons. The molecular weight excluding hydrogens is 950 g/mol. The van der Waals surface area contributed by atoms with E-state index in [1.54, 1.807) is 0 Å². The number of rotatable bonds is 9. The summed E-state index contributed by atoms with van der Waals surface area (Å²) in [7, 11) is 0. The van der Waals surface area contributed by atoms with Crippen LogP contribution in [0.4, 0.5) is 34.1 Å². The van der Waals surface area contributed by atoms with Gasteiger partial charge < -0.3 is 19.3 Å². The first-order valence-electron chi connectivity index (χ1n) is 21.3. The quantitative estimate of drug-likeness (QED) is 0.135. The summed E-state index contributed by atoms with van der Waals surface area (Å²) in [5.41, 5.74) is 15.0. The Morgan fingerprint density at radius 2 is 1.13 bits per heavy atom. The van der Waals surface area contributed by atoms with E-state index in [4.69, 9.17) is 4.98 Å². The summed E-state index contributed by atoms with van der Waals surface area (Å²) in [6.45, 7) is 5.25. The van der Waals surface area contributed by atoms with Crippen molar-refractivity contribution in [3.05, 3.63) is 219 Å². The van der Waals surface area contributed by atoms with Gasteiger partial charge in [0.25, 0.3) is 0 Å². The maximum atomic E-state index is 5.01. The average molecular weight is 993 g/mol. The Bertz CT molecular complexity index is 3160. The van der Waals surface area contributed by atoms with Crippen molar-refractivity contribution in [3.8, 4) is 39.2 Å². The minimum absolute atomic E-state index is 0. The molecule has 0 saturated heterocycles. The van der Waals surface area contributed by atoms with Crippen LogP contribution in [0.15, 0.2) is 206 Å². The molecule has 8 aromatic carbocycles. The normalized spacial score (nSPS) is 12.2. The van der Waals surface area contributed by atoms with Gasteiger partial charge in [0.2, 0.25) is 0 Å². The first kappa shape index (κ1) is 39.9. The summed E-state index contributed by atoms with van der Waals surface area (Å²) >= 11 is 0. The molecule has 5 nitrogen and oxygen atoms in total. The van der Waals surface area contributed by atoms with Crippen LogP contribution in [0, 0.1) is 12.1 Å². The molecule has 0 radical (unpaired) electrons. The number of benzene rings is 8. The smallest absolute Gasteiger partial charge is 0.357 e. The number of nitrogens with zero attached hydrogens (tertiary/aromatic N) is 5. The molecule has 2 aromatic heterocycles. The van der Waals surface area contributed by atoms with Crippen molar-refractivity contribution in [2.75, 3.05) is 21.4 Å². The molecular formula is C57H43N5Pt. The van der Waals surface area contributed by atoms with Gasteiger partial charge in [-0.05, 0) is 71.8 Å². The number of para-hydroxylation sites is 4. The zero-order valence-electron chi connectivity index (χ0n) is 35.0. The van der Waals surface area contributed by atoms with Crippen LogP contribution >= 0.6 is 0 Å². The van der Waals surface area contributed by atoms with Gasteiger partial charge in [-0.3, -0.25) is 0 Å². The van der Waals surface area contributed by atoms with Gasteiger partial charge in [-0.2, -0.15) is 12.1 Å². The monoisotopic (exact) mass is 992 g/mol. The van der Waals surface area contributed by atoms with Crippen molar-refractivity contribution in [2.24, 2.45) is 0 Å². The summed E-state index contributed by atoms with van der Waals surface area (Å²) in [5.74, 6) is 0.836. The number of hydrogen-bond acceptors (Lipinski definition) is 4. The Labute approximate surface area is 383 Å². The van der Waals surface area contributed by atoms with Crippen LogP contribution in [0.3, 0.4) is 0 Å². The minimum atomic E-state index is 0. The van der Waals surface area contributed by atoms with Crippen LogP contribution in [0.2, 0.25) is 0 Å². The average Bonchev–Trinajstić information content (AvgIpc) is 3.89. The Kier molecular flexibility index (Phi) is 10.7. The van der Waals surface area contributed by atoms with Gasteiger partial charge in [-0.25, -0.2) is 4.98 Å². The van der Waals surface area contributed by atoms with Gasteiger partial charge in [-0.1, -0.05) is 162 Å². The fourth-order valence-electron chi connectivity index (χ4n) is 9.08. The third-order valence-electron chi connectivity index (χ3n) is 12.0. The molecule has 1 aliphatic heterocycles. The number of hydrogen-bond donors (Lipinski definition) is 0. The second-order valence-electron chi connectivity index (χ2n) is 16.0. The van der Waals surface area contributed by atoms with E-state index < -0.39 is 0 Å². The van der Waals surface area contributed by atoms with E-state index in [1.165, 1.54) is 11.4 Å².